The maximum Gasteiger partial charge on any atom is 0.326 e. The molecule has 2 heterocycles. The number of aromatic nitrogens is 2. The number of carbonyl (C=O) groups excluding carboxylic acids is 1. The van der Waals surface area contributed by atoms with Crippen molar-refractivity contribution in [1.29, 1.82) is 0 Å². The SMILES string of the molecule is CC(N)C1CCCCN1C(=O)c1ccc2c(c1)[nH]c(=O)n2C1CCCC1.Cl. The number of halogens is 1. The number of nitrogens with one attached hydrogen (secondary N) is 1. The minimum absolute atomic E-state index is 0. The second-order valence-electron chi connectivity index (χ2n) is 7.89. The van der Waals surface area contributed by atoms with Crippen molar-refractivity contribution >= 4 is 29.3 Å². The second-order valence-corrected chi connectivity index (χ2v) is 7.89. The van der Waals surface area contributed by atoms with Crippen molar-refractivity contribution in [3.8, 4) is 0 Å². The smallest absolute Gasteiger partial charge is 0.326 e. The van der Waals surface area contributed by atoms with Crippen LogP contribution in [0.2, 0.25) is 0 Å². The van der Waals surface area contributed by atoms with Gasteiger partial charge in [-0.3, -0.25) is 9.36 Å². The van der Waals surface area contributed by atoms with Gasteiger partial charge in [0.15, 0.2) is 0 Å². The Labute approximate surface area is 165 Å². The zero-order valence-corrected chi connectivity index (χ0v) is 16.6. The second kappa shape index (κ2) is 8.07. The molecule has 0 radical (unpaired) electrons. The molecule has 2 aromatic rings. The summed E-state index contributed by atoms with van der Waals surface area (Å²) in [5.74, 6) is 0.0170. The van der Waals surface area contributed by atoms with Crippen molar-refractivity contribution in [2.45, 2.75) is 70.0 Å². The lowest BCUT2D eigenvalue weighted by molar-refractivity contribution is 0.0584. The lowest BCUT2D eigenvalue weighted by Crippen LogP contribution is -2.51. The van der Waals surface area contributed by atoms with Crippen LogP contribution in [0.3, 0.4) is 0 Å². The van der Waals surface area contributed by atoms with Gasteiger partial charge in [0, 0.05) is 30.2 Å². The number of H-pyrrole nitrogens is 1. The summed E-state index contributed by atoms with van der Waals surface area (Å²) < 4.78 is 1.88. The maximum atomic E-state index is 13.1. The summed E-state index contributed by atoms with van der Waals surface area (Å²) >= 11 is 0. The van der Waals surface area contributed by atoms with Crippen molar-refractivity contribution < 1.29 is 4.79 Å². The van der Waals surface area contributed by atoms with Crippen LogP contribution in [0.5, 0.6) is 0 Å². The summed E-state index contributed by atoms with van der Waals surface area (Å²) in [6, 6.07) is 5.94. The number of nitrogens with two attached hydrogens (primary N) is 1. The molecule has 7 heteroatoms. The van der Waals surface area contributed by atoms with Gasteiger partial charge in [0.05, 0.1) is 11.0 Å². The molecule has 0 spiro atoms. The van der Waals surface area contributed by atoms with E-state index in [1.54, 1.807) is 0 Å². The van der Waals surface area contributed by atoms with Gasteiger partial charge in [0.2, 0.25) is 0 Å². The first kappa shape index (κ1) is 20.0. The minimum atomic E-state index is -0.0667. The molecule has 2 aliphatic rings. The zero-order chi connectivity index (χ0) is 18.3. The number of nitrogens with zero attached hydrogens (tertiary/aromatic N) is 2. The largest absolute Gasteiger partial charge is 0.334 e. The highest BCUT2D eigenvalue weighted by Gasteiger charge is 2.30. The van der Waals surface area contributed by atoms with Gasteiger partial charge in [-0.25, -0.2) is 4.79 Å². The predicted octanol–water partition coefficient (Wildman–Crippen LogP) is 3.21. The average molecular weight is 393 g/mol. The number of rotatable bonds is 3. The number of benzene rings is 1. The van der Waals surface area contributed by atoms with E-state index in [1.807, 2.05) is 34.6 Å². The summed E-state index contributed by atoms with van der Waals surface area (Å²) in [4.78, 5) is 30.4. The van der Waals surface area contributed by atoms with Crippen LogP contribution in [0.15, 0.2) is 23.0 Å². The Morgan fingerprint density at radius 1 is 1.19 bits per heavy atom. The van der Waals surface area contributed by atoms with Crippen molar-refractivity contribution in [3.63, 3.8) is 0 Å². The first-order valence-corrected chi connectivity index (χ1v) is 9.87. The van der Waals surface area contributed by atoms with Gasteiger partial charge in [-0.15, -0.1) is 12.4 Å². The fourth-order valence-electron chi connectivity index (χ4n) is 4.71. The molecule has 4 rings (SSSR count). The molecule has 1 saturated heterocycles. The van der Waals surface area contributed by atoms with Crippen molar-refractivity contribution in [2.75, 3.05) is 6.54 Å². The van der Waals surface area contributed by atoms with Crippen LogP contribution in [0.1, 0.15) is 68.3 Å². The summed E-state index contributed by atoms with van der Waals surface area (Å²) in [6.07, 6.45) is 7.55. The molecule has 1 aliphatic carbocycles. The Balaban J connectivity index is 0.00000210. The van der Waals surface area contributed by atoms with Crippen LogP contribution >= 0.6 is 12.4 Å². The van der Waals surface area contributed by atoms with Crippen LogP contribution in [-0.2, 0) is 0 Å². The number of fused-ring (bicyclic) bond motifs is 1. The number of hydrogen-bond donors (Lipinski definition) is 2. The minimum Gasteiger partial charge on any atom is -0.334 e. The zero-order valence-electron chi connectivity index (χ0n) is 15.8. The molecular weight excluding hydrogens is 364 g/mol. The first-order chi connectivity index (χ1) is 12.6. The molecule has 0 bridgehead atoms. The van der Waals surface area contributed by atoms with Gasteiger partial charge < -0.3 is 15.6 Å². The van der Waals surface area contributed by atoms with E-state index in [1.165, 1.54) is 12.8 Å². The summed E-state index contributed by atoms with van der Waals surface area (Å²) in [7, 11) is 0. The van der Waals surface area contributed by atoms with E-state index in [9.17, 15) is 9.59 Å². The first-order valence-electron chi connectivity index (χ1n) is 9.87. The lowest BCUT2D eigenvalue weighted by atomic mass is 9.96. The van der Waals surface area contributed by atoms with Crippen LogP contribution in [0.25, 0.3) is 11.0 Å². The molecule has 6 nitrogen and oxygen atoms in total. The maximum absolute atomic E-state index is 13.1. The number of imidazole rings is 1. The van der Waals surface area contributed by atoms with Crippen molar-refractivity contribution in [2.24, 2.45) is 5.73 Å². The standard InChI is InChI=1S/C20H28N4O2.ClH/c1-13(21)17-8-4-5-11-23(17)19(25)14-9-10-18-16(12-14)22-20(26)24(18)15-6-2-3-7-15;/h9-10,12-13,15,17H,2-8,11,21H2,1H3,(H,22,26);1H. The Kier molecular flexibility index (Phi) is 5.96. The summed E-state index contributed by atoms with van der Waals surface area (Å²) in [5, 5.41) is 0. The number of aromatic amines is 1. The highest BCUT2D eigenvalue weighted by molar-refractivity contribution is 5.97. The van der Waals surface area contributed by atoms with Crippen molar-refractivity contribution in [3.05, 3.63) is 34.2 Å². The number of amides is 1. The number of likely N-dealkylation sites (tertiary alicyclic amines) is 1. The van der Waals surface area contributed by atoms with E-state index in [-0.39, 0.29) is 42.1 Å². The quantitative estimate of drug-likeness (QED) is 0.841. The molecule has 1 saturated carbocycles. The fraction of sp³-hybridized carbons (Fsp3) is 0.600. The topological polar surface area (TPSA) is 84.1 Å². The molecule has 1 aliphatic heterocycles. The third-order valence-corrected chi connectivity index (χ3v) is 6.07. The molecule has 2 unspecified atom stereocenters. The van der Waals surface area contributed by atoms with Gasteiger partial charge in [-0.05, 0) is 57.2 Å². The molecule has 3 N–H and O–H groups in total. The normalized spacial score (nSPS) is 22.0. The summed E-state index contributed by atoms with van der Waals surface area (Å²) in [5.41, 5.74) is 8.33. The molecule has 1 aromatic heterocycles. The highest BCUT2D eigenvalue weighted by atomic mass is 35.5. The van der Waals surface area contributed by atoms with Gasteiger partial charge in [0.1, 0.15) is 0 Å². The van der Waals surface area contributed by atoms with Crippen LogP contribution in [-0.4, -0.2) is 39.0 Å². The third kappa shape index (κ3) is 3.65. The van der Waals surface area contributed by atoms with E-state index in [2.05, 4.69) is 4.98 Å². The lowest BCUT2D eigenvalue weighted by Gasteiger charge is -2.38. The number of carbonyl (C=O) groups is 1. The Morgan fingerprint density at radius 3 is 2.59 bits per heavy atom. The van der Waals surface area contributed by atoms with E-state index < -0.39 is 0 Å². The molecule has 2 atom stereocenters. The molecule has 1 amide bonds. The molecule has 148 valence electrons. The van der Waals surface area contributed by atoms with E-state index in [0.29, 0.717) is 5.56 Å². The van der Waals surface area contributed by atoms with Crippen LogP contribution in [0.4, 0.5) is 0 Å². The van der Waals surface area contributed by atoms with Crippen molar-refractivity contribution in [1.82, 2.24) is 14.5 Å². The van der Waals surface area contributed by atoms with Crippen LogP contribution in [0, 0.1) is 0 Å². The van der Waals surface area contributed by atoms with Gasteiger partial charge >= 0.3 is 5.69 Å². The van der Waals surface area contributed by atoms with E-state index in [0.717, 1.165) is 49.7 Å². The molecule has 27 heavy (non-hydrogen) atoms. The molecule has 2 fully saturated rings. The third-order valence-electron chi connectivity index (χ3n) is 6.07. The summed E-state index contributed by atoms with van der Waals surface area (Å²) in [6.45, 7) is 2.72. The van der Waals surface area contributed by atoms with Gasteiger partial charge in [0.25, 0.3) is 5.91 Å². The van der Waals surface area contributed by atoms with Crippen LogP contribution < -0.4 is 11.4 Å². The fourth-order valence-corrected chi connectivity index (χ4v) is 4.71. The van der Waals surface area contributed by atoms with E-state index >= 15 is 0 Å². The monoisotopic (exact) mass is 392 g/mol. The number of piperidine rings is 1. The Hall–Kier alpha value is -1.79. The van der Waals surface area contributed by atoms with Gasteiger partial charge in [-0.2, -0.15) is 0 Å². The molecular formula is C20H29ClN4O2. The Bertz CT molecular complexity index is 866. The average Bonchev–Trinajstić information content (AvgIpc) is 3.26. The van der Waals surface area contributed by atoms with E-state index in [4.69, 9.17) is 5.73 Å². The predicted molar refractivity (Wildman–Crippen MR) is 110 cm³/mol. The number of hydrogen-bond acceptors (Lipinski definition) is 3. The Morgan fingerprint density at radius 2 is 1.89 bits per heavy atom. The molecule has 1 aromatic carbocycles. The van der Waals surface area contributed by atoms with Gasteiger partial charge in [-0.1, -0.05) is 12.8 Å². The highest BCUT2D eigenvalue weighted by Crippen LogP contribution is 2.31.